The second-order valence-electron chi connectivity index (χ2n) is 8.33. The van der Waals surface area contributed by atoms with E-state index in [1.807, 2.05) is 17.9 Å². The molecule has 4 nitrogen and oxygen atoms in total. The summed E-state index contributed by atoms with van der Waals surface area (Å²) in [4.78, 5) is 27.9. The van der Waals surface area contributed by atoms with Gasteiger partial charge in [0.15, 0.2) is 5.78 Å². The lowest BCUT2D eigenvalue weighted by Crippen LogP contribution is -2.36. The standard InChI is InChI=1S/C28H30FNO3/c1-6-23(27(31)18(2)3)24-17-25(26(33-5)15-19(24)4)28(32)30-13-11-21(12-14-30)16-20-7-9-22(29)10-8-20/h6-10,15-17H,2,11-14H2,1,3-5H3/b23-6+. The van der Waals surface area contributed by atoms with E-state index in [2.05, 4.69) is 12.7 Å². The fourth-order valence-electron chi connectivity index (χ4n) is 4.05. The summed E-state index contributed by atoms with van der Waals surface area (Å²) in [5.74, 6) is -0.0213. The normalized spacial score (nSPS) is 14.2. The number of nitrogens with zero attached hydrogens (tertiary/aromatic N) is 1. The fraction of sp³-hybridized carbons (Fsp3) is 0.286. The van der Waals surface area contributed by atoms with Gasteiger partial charge in [-0.1, -0.05) is 36.4 Å². The molecule has 1 aliphatic heterocycles. The van der Waals surface area contributed by atoms with E-state index in [1.54, 1.807) is 45.2 Å². The summed E-state index contributed by atoms with van der Waals surface area (Å²) >= 11 is 0. The van der Waals surface area contributed by atoms with E-state index in [0.29, 0.717) is 41.1 Å². The Bertz CT molecular complexity index is 1130. The zero-order chi connectivity index (χ0) is 24.1. The largest absolute Gasteiger partial charge is 0.496 e. The minimum Gasteiger partial charge on any atom is -0.496 e. The second-order valence-corrected chi connectivity index (χ2v) is 8.33. The van der Waals surface area contributed by atoms with Crippen LogP contribution in [0.1, 0.15) is 53.7 Å². The molecule has 0 bridgehead atoms. The van der Waals surface area contributed by atoms with Crippen LogP contribution in [0.5, 0.6) is 5.75 Å². The third kappa shape index (κ3) is 5.48. The Kier molecular flexibility index (Phi) is 7.64. The smallest absolute Gasteiger partial charge is 0.257 e. The van der Waals surface area contributed by atoms with Crippen LogP contribution < -0.4 is 4.74 Å². The van der Waals surface area contributed by atoms with Crippen molar-refractivity contribution in [1.29, 1.82) is 0 Å². The zero-order valence-electron chi connectivity index (χ0n) is 19.7. The van der Waals surface area contributed by atoms with Crippen molar-refractivity contribution in [1.82, 2.24) is 4.90 Å². The van der Waals surface area contributed by atoms with E-state index in [-0.39, 0.29) is 17.5 Å². The Hall–Kier alpha value is -3.47. The Morgan fingerprint density at radius 2 is 1.73 bits per heavy atom. The lowest BCUT2D eigenvalue weighted by atomic mass is 9.91. The van der Waals surface area contributed by atoms with Gasteiger partial charge in [0, 0.05) is 18.7 Å². The molecule has 0 aliphatic carbocycles. The molecular weight excluding hydrogens is 417 g/mol. The molecule has 33 heavy (non-hydrogen) atoms. The molecule has 1 aliphatic rings. The molecule has 2 aromatic rings. The minimum absolute atomic E-state index is 0.118. The number of carbonyl (C=O) groups excluding carboxylic acids is 2. The van der Waals surface area contributed by atoms with E-state index in [0.717, 1.165) is 24.0 Å². The van der Waals surface area contributed by atoms with Crippen LogP contribution in [0.4, 0.5) is 4.39 Å². The number of Topliss-reactive ketones (excluding diaryl/α,β-unsaturated/α-hetero) is 1. The molecule has 1 saturated heterocycles. The average Bonchev–Trinajstić information content (AvgIpc) is 2.81. The summed E-state index contributed by atoms with van der Waals surface area (Å²) in [5, 5.41) is 0. The number of allylic oxidation sites excluding steroid dienone is 3. The first-order valence-electron chi connectivity index (χ1n) is 11.0. The van der Waals surface area contributed by atoms with Gasteiger partial charge in [-0.05, 0) is 80.1 Å². The van der Waals surface area contributed by atoms with Crippen LogP contribution in [-0.4, -0.2) is 36.8 Å². The Morgan fingerprint density at radius 1 is 1.09 bits per heavy atom. The number of piperidine rings is 1. The van der Waals surface area contributed by atoms with Crippen molar-refractivity contribution in [3.8, 4) is 5.75 Å². The highest BCUT2D eigenvalue weighted by atomic mass is 19.1. The van der Waals surface area contributed by atoms with Gasteiger partial charge in [-0.3, -0.25) is 9.59 Å². The quantitative estimate of drug-likeness (QED) is 0.510. The summed E-state index contributed by atoms with van der Waals surface area (Å²) in [6, 6.07) is 9.97. The summed E-state index contributed by atoms with van der Waals surface area (Å²) in [5.41, 5.74) is 5.17. The highest BCUT2D eigenvalue weighted by Gasteiger charge is 2.25. The molecule has 0 atom stereocenters. The van der Waals surface area contributed by atoms with Gasteiger partial charge in [-0.2, -0.15) is 0 Å². The van der Waals surface area contributed by atoms with Crippen molar-refractivity contribution in [2.75, 3.05) is 20.2 Å². The summed E-state index contributed by atoms with van der Waals surface area (Å²) < 4.78 is 18.6. The van der Waals surface area contributed by atoms with E-state index >= 15 is 0 Å². The van der Waals surface area contributed by atoms with Gasteiger partial charge >= 0.3 is 0 Å². The van der Waals surface area contributed by atoms with Crippen LogP contribution in [0.3, 0.4) is 0 Å². The molecule has 0 N–H and O–H groups in total. The van der Waals surface area contributed by atoms with Gasteiger partial charge in [-0.15, -0.1) is 0 Å². The van der Waals surface area contributed by atoms with Crippen molar-refractivity contribution >= 4 is 23.3 Å². The monoisotopic (exact) mass is 447 g/mol. The highest BCUT2D eigenvalue weighted by Crippen LogP contribution is 2.31. The number of carbonyl (C=O) groups is 2. The topological polar surface area (TPSA) is 46.6 Å². The maximum absolute atomic E-state index is 13.4. The van der Waals surface area contributed by atoms with Gasteiger partial charge < -0.3 is 9.64 Å². The van der Waals surface area contributed by atoms with E-state index in [4.69, 9.17) is 4.74 Å². The molecule has 5 heteroatoms. The number of benzene rings is 2. The lowest BCUT2D eigenvalue weighted by Gasteiger charge is -2.29. The molecule has 0 unspecified atom stereocenters. The van der Waals surface area contributed by atoms with Crippen molar-refractivity contribution in [3.05, 3.63) is 88.3 Å². The third-order valence-electron chi connectivity index (χ3n) is 5.92. The van der Waals surface area contributed by atoms with Crippen LogP contribution >= 0.6 is 0 Å². The lowest BCUT2D eigenvalue weighted by molar-refractivity contribution is -0.110. The van der Waals surface area contributed by atoms with Crippen LogP contribution in [0.2, 0.25) is 0 Å². The molecule has 0 spiro atoms. The van der Waals surface area contributed by atoms with Crippen molar-refractivity contribution in [2.24, 2.45) is 0 Å². The van der Waals surface area contributed by atoms with Gasteiger partial charge in [0.25, 0.3) is 5.91 Å². The Morgan fingerprint density at radius 3 is 2.27 bits per heavy atom. The first-order valence-corrected chi connectivity index (χ1v) is 11.0. The maximum Gasteiger partial charge on any atom is 0.257 e. The van der Waals surface area contributed by atoms with Crippen LogP contribution in [0.25, 0.3) is 11.6 Å². The molecule has 0 radical (unpaired) electrons. The molecule has 3 rings (SSSR count). The third-order valence-corrected chi connectivity index (χ3v) is 5.92. The van der Waals surface area contributed by atoms with Gasteiger partial charge in [0.1, 0.15) is 11.6 Å². The number of amides is 1. The Labute approximate surface area is 195 Å². The van der Waals surface area contributed by atoms with Crippen molar-refractivity contribution in [2.45, 2.75) is 33.6 Å². The van der Waals surface area contributed by atoms with E-state index < -0.39 is 0 Å². The molecule has 2 aromatic carbocycles. The molecule has 1 heterocycles. The first kappa shape index (κ1) is 24.2. The fourth-order valence-corrected chi connectivity index (χ4v) is 4.05. The number of halogens is 1. The average molecular weight is 448 g/mol. The van der Waals surface area contributed by atoms with E-state index in [9.17, 15) is 14.0 Å². The number of hydrogen-bond donors (Lipinski definition) is 0. The summed E-state index contributed by atoms with van der Waals surface area (Å²) in [6.45, 7) is 10.3. The first-order chi connectivity index (χ1) is 15.7. The zero-order valence-corrected chi connectivity index (χ0v) is 19.7. The molecule has 1 amide bonds. The van der Waals surface area contributed by atoms with Crippen molar-refractivity contribution in [3.63, 3.8) is 0 Å². The van der Waals surface area contributed by atoms with Crippen LogP contribution in [0.15, 0.2) is 60.2 Å². The van der Waals surface area contributed by atoms with Crippen LogP contribution in [-0.2, 0) is 4.79 Å². The number of ether oxygens (including phenoxy) is 1. The number of aryl methyl sites for hydroxylation is 1. The molecule has 1 fully saturated rings. The number of rotatable bonds is 6. The number of methoxy groups -OCH3 is 1. The molecule has 0 saturated carbocycles. The number of hydrogen-bond acceptors (Lipinski definition) is 3. The van der Waals surface area contributed by atoms with Gasteiger partial charge in [0.2, 0.25) is 0 Å². The molecule has 0 aromatic heterocycles. The molecule has 172 valence electrons. The number of likely N-dealkylation sites (tertiary alicyclic amines) is 1. The molecular formula is C28H30FNO3. The van der Waals surface area contributed by atoms with Gasteiger partial charge in [-0.25, -0.2) is 4.39 Å². The Balaban J connectivity index is 1.84. The van der Waals surface area contributed by atoms with Crippen molar-refractivity contribution < 1.29 is 18.7 Å². The number of ketones is 1. The summed E-state index contributed by atoms with van der Waals surface area (Å²) in [7, 11) is 1.54. The van der Waals surface area contributed by atoms with E-state index in [1.165, 1.54) is 17.7 Å². The maximum atomic E-state index is 13.4. The van der Waals surface area contributed by atoms with Gasteiger partial charge in [0.05, 0.1) is 12.7 Å². The SMILES string of the molecule is C=C(C)C(=O)/C(=C/C)c1cc(C(=O)N2CCC(=Cc3ccc(F)cc3)CC2)c(OC)cc1C. The predicted molar refractivity (Wildman–Crippen MR) is 131 cm³/mol. The predicted octanol–water partition coefficient (Wildman–Crippen LogP) is 6.01. The minimum atomic E-state index is -0.255. The second kappa shape index (κ2) is 10.4. The summed E-state index contributed by atoms with van der Waals surface area (Å²) in [6.07, 6.45) is 5.32. The highest BCUT2D eigenvalue weighted by molar-refractivity contribution is 6.28. The van der Waals surface area contributed by atoms with Crippen LogP contribution in [0, 0.1) is 12.7 Å².